The van der Waals surface area contributed by atoms with Gasteiger partial charge < -0.3 is 9.90 Å². The van der Waals surface area contributed by atoms with E-state index in [0.29, 0.717) is 6.42 Å². The summed E-state index contributed by atoms with van der Waals surface area (Å²) in [6.45, 7) is 1.68. The standard InChI is InChI=1S/C11H13IO2/c1-11(14,6-7-13)8-9-2-4-10(12)5-3-9/h2-5,7,14H,6,8H2,1H3. The van der Waals surface area contributed by atoms with E-state index in [4.69, 9.17) is 0 Å². The number of carbonyl (C=O) groups excluding carboxylic acids is 1. The summed E-state index contributed by atoms with van der Waals surface area (Å²) in [4.78, 5) is 10.3. The molecule has 0 spiro atoms. The Morgan fingerprint density at radius 2 is 2.00 bits per heavy atom. The number of halogens is 1. The smallest absolute Gasteiger partial charge is 0.122 e. The van der Waals surface area contributed by atoms with Gasteiger partial charge in [-0.1, -0.05) is 12.1 Å². The number of rotatable bonds is 4. The van der Waals surface area contributed by atoms with Crippen molar-refractivity contribution in [3.8, 4) is 0 Å². The maximum Gasteiger partial charge on any atom is 0.122 e. The van der Waals surface area contributed by atoms with Crippen LogP contribution in [0.3, 0.4) is 0 Å². The maximum atomic E-state index is 10.3. The fourth-order valence-electron chi connectivity index (χ4n) is 1.29. The molecule has 1 N–H and O–H groups in total. The Hall–Kier alpha value is -0.420. The summed E-state index contributed by atoms with van der Waals surface area (Å²) in [5, 5.41) is 9.80. The first-order valence-corrected chi connectivity index (χ1v) is 5.52. The van der Waals surface area contributed by atoms with E-state index in [1.54, 1.807) is 6.92 Å². The van der Waals surface area contributed by atoms with Crippen LogP contribution in [0, 0.1) is 3.57 Å². The molecular weight excluding hydrogens is 291 g/mol. The summed E-state index contributed by atoms with van der Waals surface area (Å²) in [7, 11) is 0. The van der Waals surface area contributed by atoms with Crippen LogP contribution in [0.15, 0.2) is 24.3 Å². The lowest BCUT2D eigenvalue weighted by Gasteiger charge is -2.20. The van der Waals surface area contributed by atoms with Crippen LogP contribution in [0.25, 0.3) is 0 Å². The molecule has 0 bridgehead atoms. The van der Waals surface area contributed by atoms with Crippen LogP contribution in [-0.4, -0.2) is 17.0 Å². The minimum Gasteiger partial charge on any atom is -0.389 e. The highest BCUT2D eigenvalue weighted by molar-refractivity contribution is 14.1. The lowest BCUT2D eigenvalue weighted by atomic mass is 9.94. The van der Waals surface area contributed by atoms with Crippen molar-refractivity contribution in [3.63, 3.8) is 0 Å². The van der Waals surface area contributed by atoms with Gasteiger partial charge in [-0.15, -0.1) is 0 Å². The van der Waals surface area contributed by atoms with Gasteiger partial charge in [0, 0.05) is 16.4 Å². The van der Waals surface area contributed by atoms with Gasteiger partial charge in [0.25, 0.3) is 0 Å². The normalized spacial score (nSPS) is 14.8. The molecule has 0 saturated heterocycles. The summed E-state index contributed by atoms with van der Waals surface area (Å²) in [6, 6.07) is 7.93. The maximum absolute atomic E-state index is 10.3. The lowest BCUT2D eigenvalue weighted by molar-refractivity contribution is -0.111. The van der Waals surface area contributed by atoms with Gasteiger partial charge in [0.15, 0.2) is 0 Å². The second kappa shape index (κ2) is 4.89. The molecule has 0 aliphatic heterocycles. The summed E-state index contributed by atoms with van der Waals surface area (Å²) in [5.74, 6) is 0. The molecule has 0 aliphatic carbocycles. The van der Waals surface area contributed by atoms with Crippen molar-refractivity contribution in [1.29, 1.82) is 0 Å². The molecule has 1 aromatic carbocycles. The molecule has 0 fully saturated rings. The van der Waals surface area contributed by atoms with E-state index in [-0.39, 0.29) is 6.42 Å². The Labute approximate surface area is 97.5 Å². The van der Waals surface area contributed by atoms with E-state index in [9.17, 15) is 9.90 Å². The molecule has 1 aromatic rings. The average molecular weight is 304 g/mol. The fraction of sp³-hybridized carbons (Fsp3) is 0.364. The molecule has 14 heavy (non-hydrogen) atoms. The van der Waals surface area contributed by atoms with Crippen LogP contribution in [0.5, 0.6) is 0 Å². The molecule has 1 rings (SSSR count). The van der Waals surface area contributed by atoms with Gasteiger partial charge in [0.2, 0.25) is 0 Å². The predicted octanol–water partition coefficient (Wildman–Crippen LogP) is 2.17. The van der Waals surface area contributed by atoms with E-state index in [1.165, 1.54) is 3.57 Å². The molecule has 1 unspecified atom stereocenters. The van der Waals surface area contributed by atoms with Gasteiger partial charge in [-0.05, 0) is 47.2 Å². The third kappa shape index (κ3) is 3.75. The highest BCUT2D eigenvalue weighted by atomic mass is 127. The van der Waals surface area contributed by atoms with Crippen molar-refractivity contribution in [2.24, 2.45) is 0 Å². The van der Waals surface area contributed by atoms with Crippen molar-refractivity contribution in [3.05, 3.63) is 33.4 Å². The van der Waals surface area contributed by atoms with Crippen molar-refractivity contribution in [2.75, 3.05) is 0 Å². The molecule has 0 aliphatic rings. The van der Waals surface area contributed by atoms with Gasteiger partial charge in [-0.3, -0.25) is 0 Å². The zero-order chi connectivity index (χ0) is 10.6. The molecule has 0 radical (unpaired) electrons. The van der Waals surface area contributed by atoms with Crippen LogP contribution in [-0.2, 0) is 11.2 Å². The zero-order valence-electron chi connectivity index (χ0n) is 8.03. The Balaban J connectivity index is 2.68. The quantitative estimate of drug-likeness (QED) is 0.684. The minimum absolute atomic E-state index is 0.180. The number of hydrogen-bond acceptors (Lipinski definition) is 2. The largest absolute Gasteiger partial charge is 0.389 e. The average Bonchev–Trinajstić information content (AvgIpc) is 2.08. The van der Waals surface area contributed by atoms with Gasteiger partial charge in [-0.25, -0.2) is 0 Å². The number of hydrogen-bond donors (Lipinski definition) is 1. The molecule has 76 valence electrons. The second-order valence-corrected chi connectivity index (χ2v) is 4.92. The Morgan fingerprint density at radius 3 is 2.50 bits per heavy atom. The Bertz CT molecular complexity index is 304. The van der Waals surface area contributed by atoms with Crippen LogP contribution >= 0.6 is 22.6 Å². The van der Waals surface area contributed by atoms with Crippen molar-refractivity contribution in [2.45, 2.75) is 25.4 Å². The van der Waals surface area contributed by atoms with Gasteiger partial charge in [0.1, 0.15) is 6.29 Å². The van der Waals surface area contributed by atoms with Gasteiger partial charge in [0.05, 0.1) is 5.60 Å². The van der Waals surface area contributed by atoms with Crippen LogP contribution in [0.1, 0.15) is 18.9 Å². The number of benzene rings is 1. The SMILES string of the molecule is CC(O)(CC=O)Cc1ccc(I)cc1. The molecule has 3 heteroatoms. The van der Waals surface area contributed by atoms with Crippen molar-refractivity contribution in [1.82, 2.24) is 0 Å². The van der Waals surface area contributed by atoms with Gasteiger partial charge in [-0.2, -0.15) is 0 Å². The number of aliphatic hydroxyl groups is 1. The van der Waals surface area contributed by atoms with E-state index in [0.717, 1.165) is 11.8 Å². The Kier molecular flexibility index (Phi) is 4.07. The summed E-state index contributed by atoms with van der Waals surface area (Å²) in [6.07, 6.45) is 1.45. The number of aldehydes is 1. The van der Waals surface area contributed by atoms with E-state index < -0.39 is 5.60 Å². The van der Waals surface area contributed by atoms with Gasteiger partial charge >= 0.3 is 0 Å². The first-order valence-electron chi connectivity index (χ1n) is 4.44. The molecule has 0 amide bonds. The van der Waals surface area contributed by atoms with Crippen molar-refractivity contribution < 1.29 is 9.90 Å². The summed E-state index contributed by atoms with van der Waals surface area (Å²) < 4.78 is 1.17. The Morgan fingerprint density at radius 1 is 1.43 bits per heavy atom. The summed E-state index contributed by atoms with van der Waals surface area (Å²) in [5.41, 5.74) is 0.131. The minimum atomic E-state index is -0.922. The predicted molar refractivity (Wildman–Crippen MR) is 64.2 cm³/mol. The number of carbonyl (C=O) groups is 1. The zero-order valence-corrected chi connectivity index (χ0v) is 10.2. The molecular formula is C11H13IO2. The highest BCUT2D eigenvalue weighted by Crippen LogP contribution is 2.16. The molecule has 0 heterocycles. The first-order chi connectivity index (χ1) is 6.53. The molecule has 2 nitrogen and oxygen atoms in total. The molecule has 0 saturated carbocycles. The van der Waals surface area contributed by atoms with E-state index >= 15 is 0 Å². The lowest BCUT2D eigenvalue weighted by Crippen LogP contribution is -2.27. The topological polar surface area (TPSA) is 37.3 Å². The summed E-state index contributed by atoms with van der Waals surface area (Å²) >= 11 is 2.23. The highest BCUT2D eigenvalue weighted by Gasteiger charge is 2.19. The monoisotopic (exact) mass is 304 g/mol. The van der Waals surface area contributed by atoms with Crippen LogP contribution in [0.2, 0.25) is 0 Å². The molecule has 0 aromatic heterocycles. The van der Waals surface area contributed by atoms with Crippen LogP contribution in [0.4, 0.5) is 0 Å². The van der Waals surface area contributed by atoms with Crippen LogP contribution < -0.4 is 0 Å². The molecule has 1 atom stereocenters. The third-order valence-corrected chi connectivity index (χ3v) is 2.74. The van der Waals surface area contributed by atoms with Crippen molar-refractivity contribution >= 4 is 28.9 Å². The van der Waals surface area contributed by atoms with E-state index in [2.05, 4.69) is 22.6 Å². The second-order valence-electron chi connectivity index (χ2n) is 3.67. The first kappa shape index (κ1) is 11.7. The third-order valence-electron chi connectivity index (χ3n) is 2.02. The fourth-order valence-corrected chi connectivity index (χ4v) is 1.65. The van der Waals surface area contributed by atoms with E-state index in [1.807, 2.05) is 24.3 Å².